The minimum absolute atomic E-state index is 0.124. The van der Waals surface area contributed by atoms with Crippen molar-refractivity contribution in [2.24, 2.45) is 5.73 Å². The van der Waals surface area contributed by atoms with Gasteiger partial charge in [0.2, 0.25) is 11.8 Å². The first kappa shape index (κ1) is 30.8. The zero-order valence-electron chi connectivity index (χ0n) is 23.3. The lowest BCUT2D eigenvalue weighted by Crippen LogP contribution is -2.56. The van der Waals surface area contributed by atoms with Crippen LogP contribution in [0.4, 0.5) is 0 Å². The number of amides is 3. The average Bonchev–Trinajstić information content (AvgIpc) is 3.36. The highest BCUT2D eigenvalue weighted by Gasteiger charge is 2.37. The number of aliphatic hydroxyl groups is 1. The fourth-order valence-corrected chi connectivity index (χ4v) is 4.73. The summed E-state index contributed by atoms with van der Waals surface area (Å²) in [6.07, 6.45) is 0.202. The molecule has 40 heavy (non-hydrogen) atoms. The number of nitrogens with two attached hydrogens (primary N) is 1. The molecule has 2 aromatic carbocycles. The molecule has 2 aromatic rings. The number of nitrogens with zero attached hydrogens (tertiary/aromatic N) is 1. The number of benzene rings is 2. The van der Waals surface area contributed by atoms with Crippen LogP contribution in [-0.4, -0.2) is 76.6 Å². The van der Waals surface area contributed by atoms with Crippen molar-refractivity contribution in [2.75, 3.05) is 13.1 Å². The van der Waals surface area contributed by atoms with E-state index in [2.05, 4.69) is 10.6 Å². The number of carbonyl (C=O) groups excluding carboxylic acids is 4. The largest absolute Gasteiger partial charge is 0.459 e. The zero-order valence-corrected chi connectivity index (χ0v) is 23.3. The lowest BCUT2D eigenvalue weighted by molar-refractivity contribution is -0.160. The van der Waals surface area contributed by atoms with Crippen LogP contribution in [0, 0.1) is 0 Å². The summed E-state index contributed by atoms with van der Waals surface area (Å²) in [7, 11) is 0. The Morgan fingerprint density at radius 1 is 1.02 bits per heavy atom. The van der Waals surface area contributed by atoms with E-state index in [0.717, 1.165) is 12.0 Å². The topological polar surface area (TPSA) is 151 Å². The van der Waals surface area contributed by atoms with E-state index in [1.54, 1.807) is 30.3 Å². The molecule has 0 radical (unpaired) electrons. The van der Waals surface area contributed by atoms with Crippen molar-refractivity contribution >= 4 is 23.7 Å². The van der Waals surface area contributed by atoms with Gasteiger partial charge in [0.15, 0.2) is 0 Å². The van der Waals surface area contributed by atoms with Gasteiger partial charge in [-0.15, -0.1) is 0 Å². The van der Waals surface area contributed by atoms with Crippen LogP contribution in [0.1, 0.15) is 56.0 Å². The van der Waals surface area contributed by atoms with Crippen LogP contribution in [0.25, 0.3) is 0 Å². The number of primary amides is 1. The second-order valence-electron chi connectivity index (χ2n) is 11.1. The van der Waals surface area contributed by atoms with Crippen molar-refractivity contribution in [3.8, 4) is 0 Å². The predicted octanol–water partition coefficient (Wildman–Crippen LogP) is 1.55. The maximum absolute atomic E-state index is 13.4. The number of aliphatic hydroxyl groups excluding tert-OH is 1. The van der Waals surface area contributed by atoms with Crippen LogP contribution in [0.15, 0.2) is 60.7 Å². The van der Waals surface area contributed by atoms with E-state index in [1.807, 2.05) is 56.0 Å². The highest BCUT2D eigenvalue weighted by Crippen LogP contribution is 2.22. The van der Waals surface area contributed by atoms with Gasteiger partial charge in [0.05, 0.1) is 18.6 Å². The molecule has 1 saturated heterocycles. The summed E-state index contributed by atoms with van der Waals surface area (Å²) in [5.41, 5.74) is 5.95. The number of ether oxygens (including phenoxy) is 1. The van der Waals surface area contributed by atoms with Crippen LogP contribution < -0.4 is 16.4 Å². The molecule has 3 amide bonds. The number of esters is 1. The molecule has 1 aliphatic rings. The molecule has 5 N–H and O–H groups in total. The monoisotopic (exact) mass is 552 g/mol. The van der Waals surface area contributed by atoms with Gasteiger partial charge in [-0.3, -0.25) is 24.1 Å². The van der Waals surface area contributed by atoms with Crippen LogP contribution in [-0.2, 0) is 25.5 Å². The van der Waals surface area contributed by atoms with Gasteiger partial charge in [-0.25, -0.2) is 0 Å². The van der Waals surface area contributed by atoms with E-state index in [0.29, 0.717) is 18.5 Å². The molecule has 1 fully saturated rings. The lowest BCUT2D eigenvalue weighted by Gasteiger charge is -2.32. The SMILES string of the molecule is CC(C)(C)OC(=O)[C@@H]1CCCN1C[C@@H](O)[C@H](Cc1ccccc1)NC(=O)[C@H](CC(N)=O)NC(=O)c1ccccc1. The number of rotatable bonds is 12. The molecule has 0 unspecified atom stereocenters. The number of β-amino-alcohol motifs (C(OH)–C–C–N with tert-alkyl or cyclic N) is 1. The lowest BCUT2D eigenvalue weighted by atomic mass is 9.99. The zero-order chi connectivity index (χ0) is 29.3. The van der Waals surface area contributed by atoms with Crippen molar-refractivity contribution in [2.45, 2.75) is 76.3 Å². The summed E-state index contributed by atoms with van der Waals surface area (Å²) in [5, 5.41) is 16.8. The third-order valence-electron chi connectivity index (χ3n) is 6.62. The standard InChI is InChI=1S/C30H40N4O6/c1-30(2,3)40-29(39)24-15-10-16-34(24)19-25(35)22(17-20-11-6-4-7-12-20)32-28(38)23(18-26(31)36)33-27(37)21-13-8-5-9-14-21/h4-9,11-14,22-25,35H,10,15-19H2,1-3H3,(H2,31,36)(H,32,38)(H,33,37)/t22-,23-,24-,25+/m0/s1. The van der Waals surface area contributed by atoms with Crippen LogP contribution >= 0.6 is 0 Å². The van der Waals surface area contributed by atoms with Crippen LogP contribution in [0.5, 0.6) is 0 Å². The highest BCUT2D eigenvalue weighted by atomic mass is 16.6. The van der Waals surface area contributed by atoms with Gasteiger partial charge in [-0.05, 0) is 64.3 Å². The quantitative estimate of drug-likeness (QED) is 0.292. The van der Waals surface area contributed by atoms with E-state index >= 15 is 0 Å². The highest BCUT2D eigenvalue weighted by molar-refractivity contribution is 5.98. The smallest absolute Gasteiger partial charge is 0.323 e. The molecule has 0 saturated carbocycles. The van der Waals surface area contributed by atoms with Crippen molar-refractivity contribution in [1.29, 1.82) is 0 Å². The Balaban J connectivity index is 1.76. The Labute approximate surface area is 235 Å². The summed E-state index contributed by atoms with van der Waals surface area (Å²) >= 11 is 0. The number of carbonyl (C=O) groups is 4. The maximum Gasteiger partial charge on any atom is 0.323 e. The Kier molecular flexibility index (Phi) is 10.8. The molecule has 0 spiro atoms. The van der Waals surface area contributed by atoms with Crippen molar-refractivity contribution < 1.29 is 29.0 Å². The average molecular weight is 553 g/mol. The molecule has 0 aliphatic carbocycles. The van der Waals surface area contributed by atoms with Gasteiger partial charge in [-0.2, -0.15) is 0 Å². The van der Waals surface area contributed by atoms with E-state index in [-0.39, 0.29) is 18.9 Å². The van der Waals surface area contributed by atoms with Gasteiger partial charge < -0.3 is 26.2 Å². The normalized spacial score (nSPS) is 17.9. The molecule has 0 aromatic heterocycles. The molecule has 4 atom stereocenters. The fraction of sp³-hybridized carbons (Fsp3) is 0.467. The minimum Gasteiger partial charge on any atom is -0.459 e. The van der Waals surface area contributed by atoms with Gasteiger partial charge >= 0.3 is 5.97 Å². The summed E-state index contributed by atoms with van der Waals surface area (Å²) in [4.78, 5) is 52.6. The number of likely N-dealkylation sites (tertiary alicyclic amines) is 1. The number of nitrogens with one attached hydrogen (secondary N) is 2. The predicted molar refractivity (Wildman–Crippen MR) is 150 cm³/mol. The van der Waals surface area contributed by atoms with Gasteiger partial charge in [-0.1, -0.05) is 48.5 Å². The van der Waals surface area contributed by atoms with E-state index in [4.69, 9.17) is 10.5 Å². The van der Waals surface area contributed by atoms with Crippen molar-refractivity contribution in [3.63, 3.8) is 0 Å². The molecule has 1 aliphatic heterocycles. The van der Waals surface area contributed by atoms with Crippen LogP contribution in [0.2, 0.25) is 0 Å². The van der Waals surface area contributed by atoms with E-state index in [9.17, 15) is 24.3 Å². The first-order chi connectivity index (χ1) is 18.9. The molecular formula is C30H40N4O6. The van der Waals surface area contributed by atoms with Crippen molar-refractivity contribution in [3.05, 3.63) is 71.8 Å². The summed E-state index contributed by atoms with van der Waals surface area (Å²) in [5.74, 6) is -2.27. The second kappa shape index (κ2) is 14.0. The van der Waals surface area contributed by atoms with Crippen LogP contribution in [0.3, 0.4) is 0 Å². The van der Waals surface area contributed by atoms with E-state index < -0.39 is 54.0 Å². The number of hydrogen-bond donors (Lipinski definition) is 4. The molecule has 216 valence electrons. The van der Waals surface area contributed by atoms with E-state index in [1.165, 1.54) is 0 Å². The Morgan fingerprint density at radius 2 is 1.65 bits per heavy atom. The van der Waals surface area contributed by atoms with Gasteiger partial charge in [0, 0.05) is 12.1 Å². The Morgan fingerprint density at radius 3 is 2.25 bits per heavy atom. The Bertz CT molecular complexity index is 1150. The molecule has 3 rings (SSSR count). The van der Waals surface area contributed by atoms with Crippen molar-refractivity contribution in [1.82, 2.24) is 15.5 Å². The molecule has 0 bridgehead atoms. The fourth-order valence-electron chi connectivity index (χ4n) is 4.73. The van der Waals surface area contributed by atoms with Gasteiger partial charge in [0.25, 0.3) is 5.91 Å². The summed E-state index contributed by atoms with van der Waals surface area (Å²) < 4.78 is 5.58. The molecule has 10 heteroatoms. The molecular weight excluding hydrogens is 512 g/mol. The third kappa shape index (κ3) is 9.46. The van der Waals surface area contributed by atoms with Gasteiger partial charge in [0.1, 0.15) is 17.7 Å². The first-order valence-corrected chi connectivity index (χ1v) is 13.6. The second-order valence-corrected chi connectivity index (χ2v) is 11.1. The molecule has 1 heterocycles. The molecule has 10 nitrogen and oxygen atoms in total. The summed E-state index contributed by atoms with van der Waals surface area (Å²) in [6.45, 7) is 6.15. The first-order valence-electron chi connectivity index (χ1n) is 13.6. The summed E-state index contributed by atoms with van der Waals surface area (Å²) in [6, 6.07) is 15.1. The maximum atomic E-state index is 13.4. The minimum atomic E-state index is -1.24. The number of hydrogen-bond acceptors (Lipinski definition) is 7. The third-order valence-corrected chi connectivity index (χ3v) is 6.62. The Hall–Kier alpha value is -3.76.